The molecule has 2 aromatic rings. The minimum Gasteiger partial charge on any atom is -0.381 e. The van der Waals surface area contributed by atoms with Crippen molar-refractivity contribution in [3.05, 3.63) is 35.4 Å². The first-order valence-electron chi connectivity index (χ1n) is 7.64. The van der Waals surface area contributed by atoms with Crippen LogP contribution in [0.15, 0.2) is 24.3 Å². The third kappa shape index (κ3) is 3.84. The summed E-state index contributed by atoms with van der Waals surface area (Å²) in [7, 11) is 1.87. The molecule has 0 radical (unpaired) electrons. The van der Waals surface area contributed by atoms with Crippen LogP contribution in [0, 0.1) is 5.92 Å². The first-order valence-corrected chi connectivity index (χ1v) is 7.64. The average molecular weight is 341 g/mol. The van der Waals surface area contributed by atoms with Crippen LogP contribution in [0.25, 0.3) is 0 Å². The molecule has 24 heavy (non-hydrogen) atoms. The maximum Gasteiger partial charge on any atom is 0.416 e. The smallest absolute Gasteiger partial charge is 0.381 e. The van der Waals surface area contributed by atoms with E-state index in [1.807, 2.05) is 11.9 Å². The number of nitrogens with zero attached hydrogens (tertiary/aromatic N) is 5. The summed E-state index contributed by atoms with van der Waals surface area (Å²) in [6, 6.07) is 5.19. The lowest BCUT2D eigenvalue weighted by molar-refractivity contribution is -0.137. The van der Waals surface area contributed by atoms with Gasteiger partial charge in [0.25, 0.3) is 0 Å². The molecule has 0 spiro atoms. The Morgan fingerprint density at radius 2 is 2.21 bits per heavy atom. The fraction of sp³-hybridized carbons (Fsp3) is 0.533. The van der Waals surface area contributed by atoms with Crippen LogP contribution >= 0.6 is 0 Å². The van der Waals surface area contributed by atoms with Gasteiger partial charge in [-0.2, -0.15) is 13.2 Å². The predicted octanol–water partition coefficient (Wildman–Crippen LogP) is 2.21. The van der Waals surface area contributed by atoms with Gasteiger partial charge >= 0.3 is 6.18 Å². The fourth-order valence-corrected chi connectivity index (χ4v) is 2.79. The SMILES string of the molecule is CN(CC1CCOC1)c1nnnn1Cc1cccc(C(F)(F)F)c1. The summed E-state index contributed by atoms with van der Waals surface area (Å²) in [6.07, 6.45) is -3.38. The number of anilines is 1. The number of ether oxygens (including phenoxy) is 1. The summed E-state index contributed by atoms with van der Waals surface area (Å²) in [5.41, 5.74) is -0.179. The molecule has 1 atom stereocenters. The molecule has 2 heterocycles. The van der Waals surface area contributed by atoms with Gasteiger partial charge in [0.15, 0.2) is 0 Å². The van der Waals surface area contributed by atoms with Gasteiger partial charge in [0, 0.05) is 26.1 Å². The first kappa shape index (κ1) is 16.7. The zero-order chi connectivity index (χ0) is 17.2. The number of tetrazole rings is 1. The van der Waals surface area contributed by atoms with E-state index in [1.54, 1.807) is 6.07 Å². The Morgan fingerprint density at radius 3 is 2.92 bits per heavy atom. The molecule has 1 unspecified atom stereocenters. The minimum absolute atomic E-state index is 0.178. The first-order chi connectivity index (χ1) is 11.4. The largest absolute Gasteiger partial charge is 0.416 e. The summed E-state index contributed by atoms with van der Waals surface area (Å²) in [5, 5.41) is 11.5. The zero-order valence-corrected chi connectivity index (χ0v) is 13.2. The van der Waals surface area contributed by atoms with E-state index in [0.717, 1.165) is 31.7 Å². The number of alkyl halides is 3. The topological polar surface area (TPSA) is 56.1 Å². The zero-order valence-electron chi connectivity index (χ0n) is 13.2. The van der Waals surface area contributed by atoms with Gasteiger partial charge in [-0.3, -0.25) is 0 Å². The highest BCUT2D eigenvalue weighted by Crippen LogP contribution is 2.29. The summed E-state index contributed by atoms with van der Waals surface area (Å²) < 4.78 is 45.3. The van der Waals surface area contributed by atoms with E-state index in [2.05, 4.69) is 15.5 Å². The molecule has 1 saturated heterocycles. The van der Waals surface area contributed by atoms with Crippen LogP contribution in [0.4, 0.5) is 19.1 Å². The van der Waals surface area contributed by atoms with Crippen molar-refractivity contribution in [2.45, 2.75) is 19.1 Å². The van der Waals surface area contributed by atoms with Crippen molar-refractivity contribution >= 4 is 5.95 Å². The lowest BCUT2D eigenvalue weighted by Gasteiger charge is -2.20. The molecule has 1 aromatic heterocycles. The van der Waals surface area contributed by atoms with Gasteiger partial charge in [-0.25, -0.2) is 4.68 Å². The molecule has 1 aliphatic heterocycles. The Bertz CT molecular complexity index is 682. The number of hydrogen-bond donors (Lipinski definition) is 0. The number of halogens is 3. The van der Waals surface area contributed by atoms with Gasteiger partial charge in [-0.05, 0) is 34.5 Å². The van der Waals surface area contributed by atoms with Crippen LogP contribution in [-0.2, 0) is 17.5 Å². The monoisotopic (exact) mass is 341 g/mol. The molecule has 0 N–H and O–H groups in total. The molecule has 130 valence electrons. The number of benzene rings is 1. The summed E-state index contributed by atoms with van der Waals surface area (Å²) in [4.78, 5) is 1.91. The Balaban J connectivity index is 1.73. The van der Waals surface area contributed by atoms with Gasteiger partial charge < -0.3 is 9.64 Å². The molecule has 0 aliphatic carbocycles. The van der Waals surface area contributed by atoms with E-state index in [1.165, 1.54) is 10.7 Å². The molecule has 0 bridgehead atoms. The van der Waals surface area contributed by atoms with E-state index in [9.17, 15) is 13.2 Å². The highest BCUT2D eigenvalue weighted by molar-refractivity contribution is 5.30. The fourth-order valence-electron chi connectivity index (χ4n) is 2.79. The van der Waals surface area contributed by atoms with Crippen LogP contribution in [0.5, 0.6) is 0 Å². The Labute approximate surface area is 137 Å². The molecule has 9 heteroatoms. The number of hydrogen-bond acceptors (Lipinski definition) is 5. The van der Waals surface area contributed by atoms with E-state index in [-0.39, 0.29) is 6.54 Å². The third-order valence-corrected chi connectivity index (χ3v) is 4.00. The van der Waals surface area contributed by atoms with Crippen molar-refractivity contribution in [2.24, 2.45) is 5.92 Å². The van der Waals surface area contributed by atoms with Gasteiger partial charge in [-0.1, -0.05) is 17.2 Å². The summed E-state index contributed by atoms with van der Waals surface area (Å²) in [5.74, 6) is 0.938. The Kier molecular flexibility index (Phi) is 4.70. The Hall–Kier alpha value is -2.16. The molecule has 0 saturated carbocycles. The lowest BCUT2D eigenvalue weighted by Crippen LogP contribution is -2.28. The summed E-state index contributed by atoms with van der Waals surface area (Å²) in [6.45, 7) is 2.38. The maximum atomic E-state index is 12.8. The van der Waals surface area contributed by atoms with Crippen molar-refractivity contribution in [3.63, 3.8) is 0 Å². The number of aromatic nitrogens is 4. The van der Waals surface area contributed by atoms with Gasteiger partial charge in [0.2, 0.25) is 5.95 Å². The van der Waals surface area contributed by atoms with Crippen molar-refractivity contribution in [1.82, 2.24) is 20.2 Å². The molecule has 3 rings (SSSR count). The van der Waals surface area contributed by atoms with Crippen LogP contribution in [0.1, 0.15) is 17.5 Å². The molecule has 0 amide bonds. The second kappa shape index (κ2) is 6.76. The van der Waals surface area contributed by atoms with Gasteiger partial charge in [-0.15, -0.1) is 0 Å². The molecule has 1 aliphatic rings. The van der Waals surface area contributed by atoms with Crippen molar-refractivity contribution in [3.8, 4) is 0 Å². The highest BCUT2D eigenvalue weighted by atomic mass is 19.4. The second-order valence-electron chi connectivity index (χ2n) is 5.94. The van der Waals surface area contributed by atoms with Crippen LogP contribution in [0.3, 0.4) is 0 Å². The third-order valence-electron chi connectivity index (χ3n) is 4.00. The van der Waals surface area contributed by atoms with E-state index in [4.69, 9.17) is 4.74 Å². The normalized spacial score (nSPS) is 18.1. The van der Waals surface area contributed by atoms with Crippen LogP contribution in [0.2, 0.25) is 0 Å². The predicted molar refractivity (Wildman–Crippen MR) is 80.6 cm³/mol. The van der Waals surface area contributed by atoms with Crippen molar-refractivity contribution in [2.75, 3.05) is 31.7 Å². The van der Waals surface area contributed by atoms with Crippen LogP contribution in [-0.4, -0.2) is 47.0 Å². The van der Waals surface area contributed by atoms with Crippen molar-refractivity contribution in [1.29, 1.82) is 0 Å². The molecular weight excluding hydrogens is 323 g/mol. The van der Waals surface area contributed by atoms with Crippen LogP contribution < -0.4 is 4.90 Å². The Morgan fingerprint density at radius 1 is 1.38 bits per heavy atom. The van der Waals surface area contributed by atoms with E-state index in [0.29, 0.717) is 24.0 Å². The van der Waals surface area contributed by atoms with E-state index < -0.39 is 11.7 Å². The highest BCUT2D eigenvalue weighted by Gasteiger charge is 2.30. The van der Waals surface area contributed by atoms with Gasteiger partial charge in [0.05, 0.1) is 18.7 Å². The molecule has 1 fully saturated rings. The molecule has 6 nitrogen and oxygen atoms in total. The quantitative estimate of drug-likeness (QED) is 0.835. The van der Waals surface area contributed by atoms with E-state index >= 15 is 0 Å². The second-order valence-corrected chi connectivity index (χ2v) is 5.94. The van der Waals surface area contributed by atoms with Gasteiger partial charge in [0.1, 0.15) is 0 Å². The molecular formula is C15H18F3N5O. The summed E-state index contributed by atoms with van der Waals surface area (Å²) >= 11 is 0. The standard InChI is InChI=1S/C15H18F3N5O/c1-22(8-12-5-6-24-10-12)14-19-20-21-23(14)9-11-3-2-4-13(7-11)15(16,17)18/h2-4,7,12H,5-6,8-10H2,1H3. The molecule has 1 aromatic carbocycles. The average Bonchev–Trinajstić information content (AvgIpc) is 3.18. The minimum atomic E-state index is -4.36. The maximum absolute atomic E-state index is 12.8. The lowest BCUT2D eigenvalue weighted by atomic mass is 10.1. The van der Waals surface area contributed by atoms with Crippen molar-refractivity contribution < 1.29 is 17.9 Å². The number of rotatable bonds is 5.